The molecule has 0 bridgehead atoms. The third-order valence-corrected chi connectivity index (χ3v) is 4.39. The van der Waals surface area contributed by atoms with Gasteiger partial charge in [0.1, 0.15) is 12.1 Å². The van der Waals surface area contributed by atoms with Crippen molar-refractivity contribution in [3.63, 3.8) is 0 Å². The number of aromatic nitrogens is 3. The van der Waals surface area contributed by atoms with Crippen molar-refractivity contribution in [3.05, 3.63) is 34.9 Å². The normalized spacial score (nSPS) is 20.5. The lowest BCUT2D eigenvalue weighted by Gasteiger charge is -2.46. The molecule has 2 aromatic rings. The summed E-state index contributed by atoms with van der Waals surface area (Å²) in [6, 6.07) is 5.25. The van der Waals surface area contributed by atoms with Crippen LogP contribution in [0.3, 0.4) is 0 Å². The molecule has 0 aromatic carbocycles. The predicted molar refractivity (Wildman–Crippen MR) is 73.7 cm³/mol. The molecule has 1 saturated heterocycles. The summed E-state index contributed by atoms with van der Waals surface area (Å²) in [5.74, 6) is 0.172. The maximum absolute atomic E-state index is 12.2. The van der Waals surface area contributed by atoms with Crippen molar-refractivity contribution < 1.29 is 9.90 Å². The van der Waals surface area contributed by atoms with Crippen LogP contribution in [-0.4, -0.2) is 48.8 Å². The molecule has 2 aromatic heterocycles. The lowest BCUT2D eigenvalue weighted by Crippen LogP contribution is -2.65. The molecule has 7 heteroatoms. The monoisotopic (exact) mass is 288 g/mol. The fraction of sp³-hybridized carbons (Fsp3) is 0.500. The third-order valence-electron chi connectivity index (χ3n) is 4.39. The summed E-state index contributed by atoms with van der Waals surface area (Å²) in [5, 5.41) is 14.4. The van der Waals surface area contributed by atoms with Crippen molar-refractivity contribution in [2.45, 2.75) is 25.0 Å². The molecule has 0 radical (unpaired) electrons. The molecule has 1 amide bonds. The molecular weight excluding hydrogens is 272 g/mol. The number of β-amino-alcohol motifs (C(OH)–C–C–N with tert-alkyl or cyclic N) is 1. The predicted octanol–water partition coefficient (Wildman–Crippen LogP) is -0.521. The molecule has 110 valence electrons. The number of nitrogens with zero attached hydrogens (tertiary/aromatic N) is 4. The zero-order valence-corrected chi connectivity index (χ0v) is 11.5. The van der Waals surface area contributed by atoms with Crippen molar-refractivity contribution in [2.24, 2.45) is 5.92 Å². The first-order chi connectivity index (χ1) is 10.1. The van der Waals surface area contributed by atoms with Crippen LogP contribution in [-0.2, 0) is 11.3 Å². The van der Waals surface area contributed by atoms with Gasteiger partial charge in [-0.25, -0.2) is 9.48 Å². The second-order valence-electron chi connectivity index (χ2n) is 6.00. The second-order valence-corrected chi connectivity index (χ2v) is 6.00. The van der Waals surface area contributed by atoms with E-state index in [4.69, 9.17) is 0 Å². The van der Waals surface area contributed by atoms with Gasteiger partial charge in [-0.3, -0.25) is 9.20 Å². The van der Waals surface area contributed by atoms with Crippen molar-refractivity contribution in [2.75, 3.05) is 13.1 Å². The van der Waals surface area contributed by atoms with Crippen LogP contribution in [0.5, 0.6) is 0 Å². The Morgan fingerprint density at radius 3 is 2.81 bits per heavy atom. The van der Waals surface area contributed by atoms with E-state index in [-0.39, 0.29) is 18.1 Å². The van der Waals surface area contributed by atoms with Crippen molar-refractivity contribution in [1.29, 1.82) is 0 Å². The van der Waals surface area contributed by atoms with Crippen LogP contribution in [0, 0.1) is 5.92 Å². The van der Waals surface area contributed by atoms with E-state index < -0.39 is 5.60 Å². The van der Waals surface area contributed by atoms with Crippen LogP contribution >= 0.6 is 0 Å². The van der Waals surface area contributed by atoms with Gasteiger partial charge in [-0.15, -0.1) is 5.10 Å². The van der Waals surface area contributed by atoms with E-state index in [1.807, 2.05) is 0 Å². The smallest absolute Gasteiger partial charge is 0.350 e. The number of carbonyl (C=O) groups excluding carboxylic acids is 1. The zero-order chi connectivity index (χ0) is 14.6. The molecule has 1 aliphatic carbocycles. The minimum absolute atomic E-state index is 0.0821. The van der Waals surface area contributed by atoms with Gasteiger partial charge >= 0.3 is 5.69 Å². The van der Waals surface area contributed by atoms with Crippen LogP contribution in [0.4, 0.5) is 0 Å². The first-order valence-electron chi connectivity index (χ1n) is 7.11. The number of aliphatic hydroxyl groups is 1. The lowest BCUT2D eigenvalue weighted by molar-refractivity contribution is -0.160. The van der Waals surface area contributed by atoms with Gasteiger partial charge in [-0.2, -0.15) is 0 Å². The summed E-state index contributed by atoms with van der Waals surface area (Å²) < 4.78 is 2.58. The van der Waals surface area contributed by atoms with Gasteiger partial charge in [0.05, 0.1) is 13.1 Å². The molecule has 3 heterocycles. The van der Waals surface area contributed by atoms with Gasteiger partial charge in [-0.1, -0.05) is 6.07 Å². The molecule has 7 nitrogen and oxygen atoms in total. The molecule has 0 atom stereocenters. The molecule has 2 fully saturated rings. The number of carbonyl (C=O) groups is 1. The number of pyridine rings is 1. The molecular formula is C14H16N4O3. The Balaban J connectivity index is 1.49. The molecule has 2 aliphatic rings. The Morgan fingerprint density at radius 2 is 2.14 bits per heavy atom. The highest BCUT2D eigenvalue weighted by molar-refractivity contribution is 5.77. The quantitative estimate of drug-likeness (QED) is 0.824. The molecule has 1 N–H and O–H groups in total. The highest BCUT2D eigenvalue weighted by atomic mass is 16.3. The summed E-state index contributed by atoms with van der Waals surface area (Å²) in [7, 11) is 0. The number of fused-ring (bicyclic) bond motifs is 1. The van der Waals surface area contributed by atoms with Crippen molar-refractivity contribution in [3.8, 4) is 0 Å². The van der Waals surface area contributed by atoms with E-state index in [1.165, 1.54) is 9.08 Å². The average molecular weight is 288 g/mol. The largest absolute Gasteiger partial charge is 0.386 e. The van der Waals surface area contributed by atoms with E-state index in [0.29, 0.717) is 24.7 Å². The van der Waals surface area contributed by atoms with Crippen LogP contribution in [0.15, 0.2) is 29.2 Å². The number of hydrogen-bond acceptors (Lipinski definition) is 4. The fourth-order valence-corrected chi connectivity index (χ4v) is 2.97. The first kappa shape index (κ1) is 12.6. The van der Waals surface area contributed by atoms with E-state index in [1.54, 1.807) is 29.3 Å². The first-order valence-corrected chi connectivity index (χ1v) is 7.11. The van der Waals surface area contributed by atoms with Crippen LogP contribution in [0.1, 0.15) is 12.8 Å². The maximum Gasteiger partial charge on any atom is 0.350 e. The van der Waals surface area contributed by atoms with Gasteiger partial charge in [0.15, 0.2) is 5.65 Å². The van der Waals surface area contributed by atoms with Gasteiger partial charge in [0.25, 0.3) is 0 Å². The highest BCUT2D eigenvalue weighted by Crippen LogP contribution is 2.44. The van der Waals surface area contributed by atoms with Crippen LogP contribution in [0.25, 0.3) is 5.65 Å². The van der Waals surface area contributed by atoms with Crippen LogP contribution < -0.4 is 5.69 Å². The Bertz CT molecular complexity index is 768. The molecule has 1 saturated carbocycles. The van der Waals surface area contributed by atoms with E-state index in [2.05, 4.69) is 5.10 Å². The summed E-state index contributed by atoms with van der Waals surface area (Å²) in [6.07, 6.45) is 3.72. The Labute approximate surface area is 120 Å². The zero-order valence-electron chi connectivity index (χ0n) is 11.5. The average Bonchev–Trinajstić information content (AvgIpc) is 3.23. The minimum Gasteiger partial charge on any atom is -0.386 e. The van der Waals surface area contributed by atoms with Crippen molar-refractivity contribution in [1.82, 2.24) is 19.1 Å². The molecule has 0 spiro atoms. The molecule has 0 unspecified atom stereocenters. The number of hydrogen-bond donors (Lipinski definition) is 1. The number of rotatable bonds is 3. The maximum atomic E-state index is 12.2. The van der Waals surface area contributed by atoms with E-state index in [0.717, 1.165) is 12.8 Å². The Kier molecular flexibility index (Phi) is 2.50. The second kappa shape index (κ2) is 4.17. The number of likely N-dealkylation sites (tertiary alicyclic amines) is 1. The summed E-state index contributed by atoms with van der Waals surface area (Å²) in [5.41, 5.74) is -0.496. The third kappa shape index (κ3) is 1.96. The summed E-state index contributed by atoms with van der Waals surface area (Å²) >= 11 is 0. The van der Waals surface area contributed by atoms with E-state index >= 15 is 0 Å². The SMILES string of the molecule is O=C(Cn1nc2ccccn2c1=O)N1CC(O)(C2CC2)C1. The summed E-state index contributed by atoms with van der Waals surface area (Å²) in [6.45, 7) is 0.665. The minimum atomic E-state index is -0.695. The van der Waals surface area contributed by atoms with Gasteiger partial charge in [0, 0.05) is 6.20 Å². The standard InChI is InChI=1S/C14H16N4O3/c19-12(16-8-14(21,9-16)10-4-5-10)7-18-13(20)17-6-2-1-3-11(17)15-18/h1-3,6,10,21H,4-5,7-9H2. The number of amides is 1. The lowest BCUT2D eigenvalue weighted by atomic mass is 9.89. The van der Waals surface area contributed by atoms with Gasteiger partial charge < -0.3 is 10.0 Å². The van der Waals surface area contributed by atoms with E-state index in [9.17, 15) is 14.7 Å². The molecule has 1 aliphatic heterocycles. The molecule has 4 rings (SSSR count). The van der Waals surface area contributed by atoms with Crippen LogP contribution in [0.2, 0.25) is 0 Å². The Morgan fingerprint density at radius 1 is 1.38 bits per heavy atom. The van der Waals surface area contributed by atoms with Gasteiger partial charge in [0.2, 0.25) is 5.91 Å². The highest BCUT2D eigenvalue weighted by Gasteiger charge is 2.53. The fourth-order valence-electron chi connectivity index (χ4n) is 2.97. The summed E-state index contributed by atoms with van der Waals surface area (Å²) in [4.78, 5) is 25.8. The topological polar surface area (TPSA) is 79.8 Å². The van der Waals surface area contributed by atoms with Gasteiger partial charge in [-0.05, 0) is 30.9 Å². The van der Waals surface area contributed by atoms with Crippen molar-refractivity contribution >= 4 is 11.6 Å². The molecule has 21 heavy (non-hydrogen) atoms. The Hall–Kier alpha value is -2.15.